The van der Waals surface area contributed by atoms with Gasteiger partial charge in [0.05, 0.1) is 23.8 Å². The number of aromatic nitrogens is 4. The summed E-state index contributed by atoms with van der Waals surface area (Å²) in [7, 11) is 0. The highest BCUT2D eigenvalue weighted by molar-refractivity contribution is 5.95. The molecule has 0 bridgehead atoms. The Kier molecular flexibility index (Phi) is 3.45. The van der Waals surface area contributed by atoms with Crippen LogP contribution in [0.2, 0.25) is 0 Å². The molecule has 3 rings (SSSR count). The molecule has 0 radical (unpaired) electrons. The van der Waals surface area contributed by atoms with E-state index in [1.54, 1.807) is 12.4 Å². The van der Waals surface area contributed by atoms with Gasteiger partial charge >= 0.3 is 0 Å². The number of aryl methyl sites for hydroxylation is 1. The maximum absolute atomic E-state index is 12.6. The predicted octanol–water partition coefficient (Wildman–Crippen LogP) is 1.29. The minimum absolute atomic E-state index is 0.0257. The lowest BCUT2D eigenvalue weighted by molar-refractivity contribution is 0.0720. The highest BCUT2D eigenvalue weighted by Gasteiger charge is 2.30. The average Bonchev–Trinajstić information content (AvgIpc) is 3.11. The third kappa shape index (κ3) is 2.41. The van der Waals surface area contributed by atoms with Gasteiger partial charge in [-0.2, -0.15) is 5.10 Å². The molecule has 1 saturated heterocycles. The number of carbonyl (C=O) groups excluding carboxylic acids is 1. The van der Waals surface area contributed by atoms with E-state index in [9.17, 15) is 4.79 Å². The van der Waals surface area contributed by atoms with Crippen LogP contribution < -0.4 is 0 Å². The molecule has 0 saturated carbocycles. The van der Waals surface area contributed by atoms with Crippen molar-refractivity contribution in [1.82, 2.24) is 24.6 Å². The van der Waals surface area contributed by atoms with Gasteiger partial charge in [-0.1, -0.05) is 0 Å². The summed E-state index contributed by atoms with van der Waals surface area (Å²) in [4.78, 5) is 22.6. The fourth-order valence-corrected chi connectivity index (χ4v) is 2.67. The first-order chi connectivity index (χ1) is 9.75. The molecule has 104 valence electrons. The van der Waals surface area contributed by atoms with Gasteiger partial charge in [-0.05, 0) is 25.8 Å². The lowest BCUT2D eigenvalue weighted by atomic mass is 10.2. The van der Waals surface area contributed by atoms with E-state index in [2.05, 4.69) is 15.1 Å². The van der Waals surface area contributed by atoms with Crippen LogP contribution in [-0.4, -0.2) is 43.1 Å². The van der Waals surface area contributed by atoms with Gasteiger partial charge < -0.3 is 4.90 Å². The minimum atomic E-state index is 0.0257. The van der Waals surface area contributed by atoms with Crippen molar-refractivity contribution in [3.63, 3.8) is 0 Å². The highest BCUT2D eigenvalue weighted by Crippen LogP contribution is 2.21. The Morgan fingerprint density at radius 2 is 2.40 bits per heavy atom. The molecule has 6 heteroatoms. The van der Waals surface area contributed by atoms with E-state index in [1.807, 2.05) is 28.8 Å². The van der Waals surface area contributed by atoms with E-state index in [0.717, 1.165) is 31.6 Å². The Balaban J connectivity index is 1.78. The summed E-state index contributed by atoms with van der Waals surface area (Å²) in [5.74, 6) is 0.0257. The van der Waals surface area contributed by atoms with Crippen molar-refractivity contribution in [1.29, 1.82) is 0 Å². The van der Waals surface area contributed by atoms with Crippen LogP contribution in [0.1, 0.15) is 28.9 Å². The second-order valence-corrected chi connectivity index (χ2v) is 5.04. The number of hydrogen-bond donors (Lipinski definition) is 0. The topological polar surface area (TPSA) is 63.9 Å². The van der Waals surface area contributed by atoms with Crippen LogP contribution in [0.5, 0.6) is 0 Å². The normalized spacial score (nSPS) is 18.4. The SMILES string of the molecule is Cc1ncncc1C(=O)N1CCCC1Cn1cccn1. The highest BCUT2D eigenvalue weighted by atomic mass is 16.2. The standard InChI is InChI=1S/C14H17N5O/c1-11-13(8-15-10-16-11)14(20)19-7-2-4-12(19)9-18-6-3-5-17-18/h3,5-6,8,10,12H,2,4,7,9H2,1H3. The molecular formula is C14H17N5O. The second-order valence-electron chi connectivity index (χ2n) is 5.04. The van der Waals surface area contributed by atoms with Gasteiger partial charge in [0.1, 0.15) is 6.33 Å². The van der Waals surface area contributed by atoms with Gasteiger partial charge in [-0.3, -0.25) is 9.48 Å². The largest absolute Gasteiger partial charge is 0.334 e. The summed E-state index contributed by atoms with van der Waals surface area (Å²) in [6.45, 7) is 3.37. The molecule has 2 aromatic heterocycles. The summed E-state index contributed by atoms with van der Waals surface area (Å²) >= 11 is 0. The van der Waals surface area contributed by atoms with Gasteiger partial charge in [-0.15, -0.1) is 0 Å². The van der Waals surface area contributed by atoms with Crippen molar-refractivity contribution >= 4 is 5.91 Å². The summed E-state index contributed by atoms with van der Waals surface area (Å²) in [5, 5.41) is 4.22. The zero-order chi connectivity index (χ0) is 13.9. The molecule has 1 aliphatic rings. The molecule has 0 N–H and O–H groups in total. The van der Waals surface area contributed by atoms with Crippen molar-refractivity contribution in [3.05, 3.63) is 42.2 Å². The summed E-state index contributed by atoms with van der Waals surface area (Å²) in [6, 6.07) is 2.10. The molecule has 1 fully saturated rings. The molecule has 1 unspecified atom stereocenters. The molecule has 1 aliphatic heterocycles. The number of carbonyl (C=O) groups is 1. The van der Waals surface area contributed by atoms with Crippen molar-refractivity contribution in [3.8, 4) is 0 Å². The van der Waals surface area contributed by atoms with Crippen LogP contribution in [-0.2, 0) is 6.54 Å². The van der Waals surface area contributed by atoms with Gasteiger partial charge in [0.2, 0.25) is 0 Å². The van der Waals surface area contributed by atoms with E-state index < -0.39 is 0 Å². The number of amides is 1. The first kappa shape index (κ1) is 12.8. The van der Waals surface area contributed by atoms with Crippen molar-refractivity contribution < 1.29 is 4.79 Å². The Hall–Kier alpha value is -2.24. The Morgan fingerprint density at radius 3 is 3.15 bits per heavy atom. The third-order valence-corrected chi connectivity index (χ3v) is 3.74. The van der Waals surface area contributed by atoms with Crippen LogP contribution in [0.4, 0.5) is 0 Å². The molecule has 20 heavy (non-hydrogen) atoms. The van der Waals surface area contributed by atoms with Crippen LogP contribution in [0.25, 0.3) is 0 Å². The molecule has 6 nitrogen and oxygen atoms in total. The molecule has 0 aromatic carbocycles. The molecule has 3 heterocycles. The molecule has 2 aromatic rings. The van der Waals surface area contributed by atoms with Crippen molar-refractivity contribution in [2.24, 2.45) is 0 Å². The first-order valence-corrected chi connectivity index (χ1v) is 6.80. The minimum Gasteiger partial charge on any atom is -0.334 e. The number of rotatable bonds is 3. The van der Waals surface area contributed by atoms with E-state index >= 15 is 0 Å². The van der Waals surface area contributed by atoms with Gasteiger partial charge in [0, 0.05) is 25.1 Å². The second kappa shape index (κ2) is 5.40. The smallest absolute Gasteiger partial charge is 0.257 e. The zero-order valence-corrected chi connectivity index (χ0v) is 11.4. The monoisotopic (exact) mass is 271 g/mol. The zero-order valence-electron chi connectivity index (χ0n) is 11.4. The predicted molar refractivity (Wildman–Crippen MR) is 73.1 cm³/mol. The van der Waals surface area contributed by atoms with Gasteiger partial charge in [0.25, 0.3) is 5.91 Å². The van der Waals surface area contributed by atoms with Crippen LogP contribution >= 0.6 is 0 Å². The Bertz CT molecular complexity index is 595. The lowest BCUT2D eigenvalue weighted by Crippen LogP contribution is -2.38. The van der Waals surface area contributed by atoms with Crippen molar-refractivity contribution in [2.75, 3.05) is 6.54 Å². The Labute approximate surface area is 117 Å². The van der Waals surface area contributed by atoms with Crippen molar-refractivity contribution in [2.45, 2.75) is 32.4 Å². The lowest BCUT2D eigenvalue weighted by Gasteiger charge is -2.25. The van der Waals surface area contributed by atoms with E-state index in [0.29, 0.717) is 5.56 Å². The molecule has 1 atom stereocenters. The molecule has 0 spiro atoms. The maximum atomic E-state index is 12.6. The van der Waals surface area contributed by atoms with Crippen LogP contribution in [0.3, 0.4) is 0 Å². The van der Waals surface area contributed by atoms with Crippen LogP contribution in [0.15, 0.2) is 31.0 Å². The van der Waals surface area contributed by atoms with Gasteiger partial charge in [-0.25, -0.2) is 9.97 Å². The Morgan fingerprint density at radius 1 is 1.50 bits per heavy atom. The number of likely N-dealkylation sites (tertiary alicyclic amines) is 1. The van der Waals surface area contributed by atoms with Crippen LogP contribution in [0, 0.1) is 6.92 Å². The maximum Gasteiger partial charge on any atom is 0.257 e. The molecule has 1 amide bonds. The quantitative estimate of drug-likeness (QED) is 0.843. The third-order valence-electron chi connectivity index (χ3n) is 3.74. The molecular weight excluding hydrogens is 254 g/mol. The fraction of sp³-hybridized carbons (Fsp3) is 0.429. The first-order valence-electron chi connectivity index (χ1n) is 6.80. The number of hydrogen-bond acceptors (Lipinski definition) is 4. The summed E-state index contributed by atoms with van der Waals surface area (Å²) in [6.07, 6.45) is 8.81. The fourth-order valence-electron chi connectivity index (χ4n) is 2.67. The van der Waals surface area contributed by atoms with E-state index in [1.165, 1.54) is 6.33 Å². The summed E-state index contributed by atoms with van der Waals surface area (Å²) in [5.41, 5.74) is 1.33. The summed E-state index contributed by atoms with van der Waals surface area (Å²) < 4.78 is 1.88. The van der Waals surface area contributed by atoms with Gasteiger partial charge in [0.15, 0.2) is 0 Å². The average molecular weight is 271 g/mol. The van der Waals surface area contributed by atoms with E-state index in [4.69, 9.17) is 0 Å². The van der Waals surface area contributed by atoms with E-state index in [-0.39, 0.29) is 11.9 Å². The number of nitrogens with zero attached hydrogens (tertiary/aromatic N) is 5. The molecule has 0 aliphatic carbocycles.